The van der Waals surface area contributed by atoms with Crippen LogP contribution in [0.4, 0.5) is 0 Å². The third-order valence-electron chi connectivity index (χ3n) is 2.33. The lowest BCUT2D eigenvalue weighted by Gasteiger charge is -2.11. The number of methoxy groups -OCH3 is 1. The van der Waals surface area contributed by atoms with Crippen molar-refractivity contribution in [2.75, 3.05) is 7.11 Å². The van der Waals surface area contributed by atoms with Gasteiger partial charge in [0.1, 0.15) is 5.69 Å². The first-order chi connectivity index (χ1) is 7.47. The molecule has 1 unspecified atom stereocenters. The number of hydrogen-bond donors (Lipinski definition) is 2. The monoisotopic (exact) mass is 226 g/mol. The van der Waals surface area contributed by atoms with Crippen LogP contribution in [-0.2, 0) is 16.6 Å². The quantitative estimate of drug-likeness (QED) is 0.719. The molecule has 16 heavy (non-hydrogen) atoms. The van der Waals surface area contributed by atoms with Crippen molar-refractivity contribution in [3.05, 3.63) is 23.5 Å². The number of carbonyl (C=O) groups excluding carboxylic acids is 1. The fourth-order valence-electron chi connectivity index (χ4n) is 1.50. The van der Waals surface area contributed by atoms with E-state index in [1.165, 1.54) is 7.11 Å². The molecule has 6 heteroatoms. The summed E-state index contributed by atoms with van der Waals surface area (Å²) in [4.78, 5) is 21.8. The minimum atomic E-state index is -0.978. The summed E-state index contributed by atoms with van der Waals surface area (Å²) in [5, 5.41) is 8.62. The lowest BCUT2D eigenvalue weighted by atomic mass is 10.1. The highest BCUT2D eigenvalue weighted by atomic mass is 16.5. The van der Waals surface area contributed by atoms with E-state index in [0.717, 1.165) is 0 Å². The van der Waals surface area contributed by atoms with Crippen molar-refractivity contribution in [1.29, 1.82) is 0 Å². The van der Waals surface area contributed by atoms with E-state index in [-0.39, 0.29) is 6.42 Å². The topological polar surface area (TPSA) is 94.6 Å². The molecule has 1 rings (SSSR count). The summed E-state index contributed by atoms with van der Waals surface area (Å²) in [6.45, 7) is 0. The molecule has 0 amide bonds. The van der Waals surface area contributed by atoms with Gasteiger partial charge >= 0.3 is 11.9 Å². The van der Waals surface area contributed by atoms with Gasteiger partial charge in [0.2, 0.25) is 0 Å². The smallest absolute Gasteiger partial charge is 0.354 e. The van der Waals surface area contributed by atoms with Gasteiger partial charge in [0.25, 0.3) is 0 Å². The number of aliphatic carboxylic acids is 1. The number of nitrogens with zero attached hydrogens (tertiary/aromatic N) is 1. The SMILES string of the molecule is COC(=O)c1ccc(C(N)CC(=O)O)n1C. The number of ether oxygens (including phenoxy) is 1. The molecule has 0 spiro atoms. The van der Waals surface area contributed by atoms with Crippen LogP contribution in [0, 0.1) is 0 Å². The van der Waals surface area contributed by atoms with E-state index >= 15 is 0 Å². The molecule has 0 aliphatic rings. The molecule has 88 valence electrons. The van der Waals surface area contributed by atoms with Crippen LogP contribution < -0.4 is 5.73 Å². The fourth-order valence-corrected chi connectivity index (χ4v) is 1.50. The lowest BCUT2D eigenvalue weighted by Crippen LogP contribution is -2.19. The van der Waals surface area contributed by atoms with Crippen LogP contribution in [0.25, 0.3) is 0 Å². The Bertz CT molecular complexity index is 411. The number of nitrogens with two attached hydrogens (primary N) is 1. The maximum Gasteiger partial charge on any atom is 0.354 e. The highest BCUT2D eigenvalue weighted by Crippen LogP contribution is 2.17. The summed E-state index contributed by atoms with van der Waals surface area (Å²) in [6.07, 6.45) is -0.182. The molecule has 0 aliphatic heterocycles. The van der Waals surface area contributed by atoms with Crippen LogP contribution in [0.15, 0.2) is 12.1 Å². The van der Waals surface area contributed by atoms with Gasteiger partial charge in [-0.25, -0.2) is 4.79 Å². The van der Waals surface area contributed by atoms with Crippen LogP contribution in [0.3, 0.4) is 0 Å². The summed E-state index contributed by atoms with van der Waals surface area (Å²) in [5.41, 5.74) is 6.63. The van der Waals surface area contributed by atoms with E-state index in [1.54, 1.807) is 23.7 Å². The third-order valence-corrected chi connectivity index (χ3v) is 2.33. The zero-order chi connectivity index (χ0) is 12.3. The molecule has 0 radical (unpaired) electrons. The minimum Gasteiger partial charge on any atom is -0.481 e. The predicted molar refractivity (Wildman–Crippen MR) is 55.9 cm³/mol. The molecule has 1 atom stereocenters. The first-order valence-electron chi connectivity index (χ1n) is 4.68. The van der Waals surface area contributed by atoms with Gasteiger partial charge in [-0.1, -0.05) is 0 Å². The minimum absolute atomic E-state index is 0.182. The predicted octanol–water partition coefficient (Wildman–Crippen LogP) is 0.286. The van der Waals surface area contributed by atoms with Crippen LogP contribution in [-0.4, -0.2) is 28.7 Å². The van der Waals surface area contributed by atoms with Crippen LogP contribution in [0.2, 0.25) is 0 Å². The average Bonchev–Trinajstić information content (AvgIpc) is 2.58. The zero-order valence-electron chi connectivity index (χ0n) is 9.14. The number of carbonyl (C=O) groups is 2. The zero-order valence-corrected chi connectivity index (χ0v) is 9.14. The summed E-state index contributed by atoms with van der Waals surface area (Å²) >= 11 is 0. The summed E-state index contributed by atoms with van der Waals surface area (Å²) < 4.78 is 6.12. The Morgan fingerprint density at radius 3 is 2.69 bits per heavy atom. The Labute approximate surface area is 92.6 Å². The average molecular weight is 226 g/mol. The van der Waals surface area contributed by atoms with Crippen molar-refractivity contribution in [2.24, 2.45) is 12.8 Å². The van der Waals surface area contributed by atoms with Crippen LogP contribution in [0.1, 0.15) is 28.6 Å². The molecule has 1 aromatic rings. The van der Waals surface area contributed by atoms with Crippen LogP contribution in [0.5, 0.6) is 0 Å². The lowest BCUT2D eigenvalue weighted by molar-refractivity contribution is -0.137. The van der Waals surface area contributed by atoms with Crippen molar-refractivity contribution in [3.8, 4) is 0 Å². The Balaban J connectivity index is 2.95. The highest BCUT2D eigenvalue weighted by molar-refractivity contribution is 5.87. The summed E-state index contributed by atoms with van der Waals surface area (Å²) in [6, 6.07) is 2.55. The first-order valence-corrected chi connectivity index (χ1v) is 4.68. The molecular formula is C10H14N2O4. The van der Waals surface area contributed by atoms with Gasteiger partial charge in [-0.2, -0.15) is 0 Å². The summed E-state index contributed by atoms with van der Waals surface area (Å²) in [7, 11) is 2.93. The Morgan fingerprint density at radius 1 is 1.56 bits per heavy atom. The van der Waals surface area contributed by atoms with Crippen molar-refractivity contribution in [1.82, 2.24) is 4.57 Å². The van der Waals surface area contributed by atoms with E-state index < -0.39 is 18.0 Å². The van der Waals surface area contributed by atoms with Gasteiger partial charge in [-0.05, 0) is 12.1 Å². The standard InChI is InChI=1S/C10H14N2O4/c1-12-7(6(11)5-9(13)14)3-4-8(12)10(15)16-2/h3-4,6H,5,11H2,1-2H3,(H,13,14). The number of esters is 1. The Morgan fingerprint density at radius 2 is 2.19 bits per heavy atom. The van der Waals surface area contributed by atoms with E-state index in [4.69, 9.17) is 10.8 Å². The normalized spacial score (nSPS) is 12.2. The molecule has 0 bridgehead atoms. The third kappa shape index (κ3) is 2.40. The number of carboxylic acid groups (broad SMARTS) is 1. The molecule has 6 nitrogen and oxygen atoms in total. The molecule has 1 heterocycles. The molecular weight excluding hydrogens is 212 g/mol. The Hall–Kier alpha value is -1.82. The second kappa shape index (κ2) is 4.80. The van der Waals surface area contributed by atoms with E-state index in [0.29, 0.717) is 11.4 Å². The molecule has 0 fully saturated rings. The fraction of sp³-hybridized carbons (Fsp3) is 0.400. The van der Waals surface area contributed by atoms with Gasteiger partial charge in [-0.3, -0.25) is 4.79 Å². The number of hydrogen-bond acceptors (Lipinski definition) is 4. The molecule has 0 aromatic carbocycles. The first kappa shape index (κ1) is 12.3. The van der Waals surface area contributed by atoms with Crippen molar-refractivity contribution in [3.63, 3.8) is 0 Å². The number of aromatic nitrogens is 1. The second-order valence-electron chi connectivity index (χ2n) is 3.40. The van der Waals surface area contributed by atoms with Gasteiger partial charge in [0.05, 0.1) is 19.6 Å². The largest absolute Gasteiger partial charge is 0.481 e. The molecule has 0 saturated heterocycles. The van der Waals surface area contributed by atoms with Gasteiger partial charge in [0.15, 0.2) is 0 Å². The van der Waals surface area contributed by atoms with E-state index in [1.807, 2.05) is 0 Å². The highest BCUT2D eigenvalue weighted by Gasteiger charge is 2.18. The maximum absolute atomic E-state index is 11.3. The van der Waals surface area contributed by atoms with Gasteiger partial charge < -0.3 is 20.1 Å². The van der Waals surface area contributed by atoms with Crippen molar-refractivity contribution in [2.45, 2.75) is 12.5 Å². The van der Waals surface area contributed by atoms with Crippen molar-refractivity contribution >= 4 is 11.9 Å². The number of carboxylic acids is 1. The molecule has 1 aromatic heterocycles. The van der Waals surface area contributed by atoms with Crippen LogP contribution >= 0.6 is 0 Å². The van der Waals surface area contributed by atoms with Crippen molar-refractivity contribution < 1.29 is 19.4 Å². The summed E-state index contributed by atoms with van der Waals surface area (Å²) in [5.74, 6) is -1.45. The Kier molecular flexibility index (Phi) is 3.68. The van der Waals surface area contributed by atoms with E-state index in [9.17, 15) is 9.59 Å². The van der Waals surface area contributed by atoms with Gasteiger partial charge in [0, 0.05) is 12.7 Å². The molecule has 0 saturated carbocycles. The molecule has 3 N–H and O–H groups in total. The second-order valence-corrected chi connectivity index (χ2v) is 3.40. The molecule has 0 aliphatic carbocycles. The number of rotatable bonds is 4. The van der Waals surface area contributed by atoms with Gasteiger partial charge in [-0.15, -0.1) is 0 Å². The van der Waals surface area contributed by atoms with E-state index in [2.05, 4.69) is 4.74 Å². The maximum atomic E-state index is 11.3.